The number of aromatic nitrogens is 2. The van der Waals surface area contributed by atoms with Crippen LogP contribution < -0.4 is 10.6 Å². The fraction of sp³-hybridized carbons (Fsp3) is 0.357. The molecular weight excluding hydrogens is 256 g/mol. The summed E-state index contributed by atoms with van der Waals surface area (Å²) in [6.07, 6.45) is 3.41. The Balaban J connectivity index is 1.87. The summed E-state index contributed by atoms with van der Waals surface area (Å²) in [4.78, 5) is 15.8. The smallest absolute Gasteiger partial charge is 0.315 e. The molecule has 2 aromatic heterocycles. The molecule has 6 nitrogen and oxygen atoms in total. The topological polar surface area (TPSA) is 80.0 Å². The lowest BCUT2D eigenvalue weighted by Gasteiger charge is -2.14. The highest BCUT2D eigenvalue weighted by Crippen LogP contribution is 2.12. The van der Waals surface area contributed by atoms with Gasteiger partial charge in [-0.05, 0) is 38.5 Å². The molecule has 0 fully saturated rings. The highest BCUT2D eigenvalue weighted by atomic mass is 16.5. The van der Waals surface area contributed by atoms with Gasteiger partial charge in [0.1, 0.15) is 5.76 Å². The van der Waals surface area contributed by atoms with Crippen LogP contribution in [0.3, 0.4) is 0 Å². The van der Waals surface area contributed by atoms with Gasteiger partial charge in [0.2, 0.25) is 0 Å². The van der Waals surface area contributed by atoms with E-state index in [1.54, 1.807) is 12.4 Å². The van der Waals surface area contributed by atoms with Crippen LogP contribution in [0.5, 0.6) is 0 Å². The van der Waals surface area contributed by atoms with Crippen LogP contribution in [0.1, 0.15) is 35.5 Å². The first-order valence-corrected chi connectivity index (χ1v) is 6.44. The zero-order valence-corrected chi connectivity index (χ0v) is 11.8. The van der Waals surface area contributed by atoms with E-state index in [2.05, 4.69) is 20.8 Å². The second-order valence-electron chi connectivity index (χ2n) is 4.63. The van der Waals surface area contributed by atoms with Crippen LogP contribution in [0.25, 0.3) is 0 Å². The number of carbonyl (C=O) groups is 1. The summed E-state index contributed by atoms with van der Waals surface area (Å²) in [6, 6.07) is 3.44. The van der Waals surface area contributed by atoms with Crippen LogP contribution in [-0.2, 0) is 6.54 Å². The van der Waals surface area contributed by atoms with Crippen molar-refractivity contribution in [2.24, 2.45) is 0 Å². The van der Waals surface area contributed by atoms with E-state index in [0.29, 0.717) is 6.54 Å². The van der Waals surface area contributed by atoms with Gasteiger partial charge in [-0.25, -0.2) is 4.79 Å². The predicted molar refractivity (Wildman–Crippen MR) is 74.0 cm³/mol. The molecule has 0 aliphatic rings. The molecule has 2 aromatic rings. The summed E-state index contributed by atoms with van der Waals surface area (Å²) in [7, 11) is 0. The predicted octanol–water partition coefficient (Wildman–Crippen LogP) is 2.25. The SMILES string of the molecule is Cc1noc(C)c1CNC(=O)N[C@H](C)c1ccncc1. The van der Waals surface area contributed by atoms with Crippen LogP contribution in [0.4, 0.5) is 4.79 Å². The lowest BCUT2D eigenvalue weighted by atomic mass is 10.1. The first-order chi connectivity index (χ1) is 9.58. The number of hydrogen-bond acceptors (Lipinski definition) is 4. The van der Waals surface area contributed by atoms with Crippen LogP contribution in [0, 0.1) is 13.8 Å². The zero-order chi connectivity index (χ0) is 14.5. The molecule has 0 aromatic carbocycles. The first kappa shape index (κ1) is 14.0. The van der Waals surface area contributed by atoms with Crippen molar-refractivity contribution in [1.29, 1.82) is 0 Å². The molecule has 20 heavy (non-hydrogen) atoms. The van der Waals surface area contributed by atoms with Crippen molar-refractivity contribution in [3.8, 4) is 0 Å². The summed E-state index contributed by atoms with van der Waals surface area (Å²) >= 11 is 0. The highest BCUT2D eigenvalue weighted by molar-refractivity contribution is 5.74. The Hall–Kier alpha value is -2.37. The number of aryl methyl sites for hydroxylation is 2. The second kappa shape index (κ2) is 6.18. The number of nitrogens with zero attached hydrogens (tertiary/aromatic N) is 2. The summed E-state index contributed by atoms with van der Waals surface area (Å²) in [6.45, 7) is 6.00. The van der Waals surface area contributed by atoms with E-state index in [-0.39, 0.29) is 12.1 Å². The molecule has 2 amide bonds. The normalized spacial score (nSPS) is 11.9. The summed E-state index contributed by atoms with van der Waals surface area (Å²) in [5, 5.41) is 9.52. The van der Waals surface area contributed by atoms with Crippen LogP contribution in [0.2, 0.25) is 0 Å². The van der Waals surface area contributed by atoms with Gasteiger partial charge in [-0.2, -0.15) is 0 Å². The summed E-state index contributed by atoms with van der Waals surface area (Å²) < 4.78 is 5.05. The molecule has 0 radical (unpaired) electrons. The third-order valence-corrected chi connectivity index (χ3v) is 3.16. The lowest BCUT2D eigenvalue weighted by molar-refractivity contribution is 0.237. The zero-order valence-electron chi connectivity index (χ0n) is 11.8. The number of nitrogens with one attached hydrogen (secondary N) is 2. The first-order valence-electron chi connectivity index (χ1n) is 6.44. The van der Waals surface area contributed by atoms with E-state index in [1.807, 2.05) is 32.9 Å². The number of pyridine rings is 1. The molecule has 0 saturated carbocycles. The van der Waals surface area contributed by atoms with Crippen molar-refractivity contribution < 1.29 is 9.32 Å². The minimum absolute atomic E-state index is 0.0809. The van der Waals surface area contributed by atoms with Gasteiger partial charge in [0.25, 0.3) is 0 Å². The van der Waals surface area contributed by atoms with E-state index in [0.717, 1.165) is 22.6 Å². The van der Waals surface area contributed by atoms with E-state index in [4.69, 9.17) is 4.52 Å². The Morgan fingerprint density at radius 3 is 2.65 bits per heavy atom. The highest BCUT2D eigenvalue weighted by Gasteiger charge is 2.12. The molecule has 0 saturated heterocycles. The van der Waals surface area contributed by atoms with Crippen molar-refractivity contribution in [3.05, 3.63) is 47.1 Å². The van der Waals surface area contributed by atoms with Crippen molar-refractivity contribution in [2.45, 2.75) is 33.4 Å². The van der Waals surface area contributed by atoms with Gasteiger partial charge in [-0.1, -0.05) is 5.16 Å². The van der Waals surface area contributed by atoms with E-state index >= 15 is 0 Å². The number of amides is 2. The van der Waals surface area contributed by atoms with E-state index < -0.39 is 0 Å². The Bertz CT molecular complexity index is 561. The van der Waals surface area contributed by atoms with Crippen molar-refractivity contribution in [1.82, 2.24) is 20.8 Å². The van der Waals surface area contributed by atoms with Crippen LogP contribution >= 0.6 is 0 Å². The lowest BCUT2D eigenvalue weighted by Crippen LogP contribution is -2.36. The number of carbonyl (C=O) groups excluding carboxylic acids is 1. The third kappa shape index (κ3) is 3.34. The van der Waals surface area contributed by atoms with E-state index in [9.17, 15) is 4.79 Å². The van der Waals surface area contributed by atoms with Gasteiger partial charge in [-0.15, -0.1) is 0 Å². The molecular formula is C14H18N4O2. The molecule has 0 unspecified atom stereocenters. The van der Waals surface area contributed by atoms with Gasteiger partial charge >= 0.3 is 6.03 Å². The minimum Gasteiger partial charge on any atom is -0.361 e. The van der Waals surface area contributed by atoms with Crippen molar-refractivity contribution in [3.63, 3.8) is 0 Å². The van der Waals surface area contributed by atoms with Crippen molar-refractivity contribution in [2.75, 3.05) is 0 Å². The fourth-order valence-corrected chi connectivity index (χ4v) is 1.91. The van der Waals surface area contributed by atoms with Gasteiger partial charge in [0.15, 0.2) is 0 Å². The van der Waals surface area contributed by atoms with Gasteiger partial charge in [-0.3, -0.25) is 4.98 Å². The van der Waals surface area contributed by atoms with Crippen LogP contribution in [0.15, 0.2) is 29.0 Å². The Kier molecular flexibility index (Phi) is 4.34. The second-order valence-corrected chi connectivity index (χ2v) is 4.63. The monoisotopic (exact) mass is 274 g/mol. The molecule has 0 aliphatic heterocycles. The van der Waals surface area contributed by atoms with Crippen LogP contribution in [-0.4, -0.2) is 16.2 Å². The standard InChI is InChI=1S/C14H18N4O2/c1-9(12-4-6-15-7-5-12)17-14(19)16-8-13-10(2)18-20-11(13)3/h4-7,9H,8H2,1-3H3,(H2,16,17,19)/t9-/m1/s1. The minimum atomic E-state index is -0.227. The average Bonchev–Trinajstić information content (AvgIpc) is 2.77. The van der Waals surface area contributed by atoms with Gasteiger partial charge < -0.3 is 15.2 Å². The third-order valence-electron chi connectivity index (χ3n) is 3.16. The summed E-state index contributed by atoms with van der Waals surface area (Å²) in [5.41, 5.74) is 2.72. The molecule has 2 rings (SSSR count). The number of hydrogen-bond donors (Lipinski definition) is 2. The maximum atomic E-state index is 11.9. The Labute approximate surface area is 117 Å². The van der Waals surface area contributed by atoms with E-state index in [1.165, 1.54) is 0 Å². The maximum Gasteiger partial charge on any atom is 0.315 e. The molecule has 2 N–H and O–H groups in total. The number of rotatable bonds is 4. The number of urea groups is 1. The fourth-order valence-electron chi connectivity index (χ4n) is 1.91. The molecule has 106 valence electrons. The van der Waals surface area contributed by atoms with Gasteiger partial charge in [0, 0.05) is 24.5 Å². The average molecular weight is 274 g/mol. The largest absolute Gasteiger partial charge is 0.361 e. The molecule has 2 heterocycles. The van der Waals surface area contributed by atoms with Gasteiger partial charge in [0.05, 0.1) is 11.7 Å². The molecule has 6 heteroatoms. The maximum absolute atomic E-state index is 11.9. The Morgan fingerprint density at radius 1 is 1.35 bits per heavy atom. The Morgan fingerprint density at radius 2 is 2.05 bits per heavy atom. The molecule has 0 spiro atoms. The molecule has 0 aliphatic carbocycles. The quantitative estimate of drug-likeness (QED) is 0.896. The van der Waals surface area contributed by atoms with Crippen molar-refractivity contribution >= 4 is 6.03 Å². The molecule has 1 atom stereocenters. The molecule has 0 bridgehead atoms. The summed E-state index contributed by atoms with van der Waals surface area (Å²) in [5.74, 6) is 0.727.